The van der Waals surface area contributed by atoms with Crippen molar-refractivity contribution < 1.29 is 8.42 Å². The topological polar surface area (TPSA) is 60.2 Å². The monoisotopic (exact) mass is 277 g/mol. The average molecular weight is 278 g/mol. The van der Waals surface area contributed by atoms with Crippen molar-refractivity contribution in [2.45, 2.75) is 17.1 Å². The van der Waals surface area contributed by atoms with Crippen molar-refractivity contribution in [1.29, 1.82) is 0 Å². The summed E-state index contributed by atoms with van der Waals surface area (Å²) in [5.41, 5.74) is 5.34. The van der Waals surface area contributed by atoms with E-state index in [1.165, 1.54) is 0 Å². The molecule has 78 valence electrons. The largest absolute Gasteiger partial charge is 0.329 e. The first kappa shape index (κ1) is 11.7. The van der Waals surface area contributed by atoms with Crippen LogP contribution in [0.1, 0.15) is 6.92 Å². The molecule has 0 fully saturated rings. The van der Waals surface area contributed by atoms with Crippen LogP contribution in [0, 0.1) is 0 Å². The van der Waals surface area contributed by atoms with E-state index in [1.54, 1.807) is 31.2 Å². The summed E-state index contributed by atoms with van der Waals surface area (Å²) >= 11 is 3.23. The summed E-state index contributed by atoms with van der Waals surface area (Å²) in [6.45, 7) is 1.74. The molecule has 0 aliphatic heterocycles. The fraction of sp³-hybridized carbons (Fsp3) is 0.333. The number of halogens is 1. The quantitative estimate of drug-likeness (QED) is 0.913. The molecule has 0 heterocycles. The molecule has 0 aliphatic carbocycles. The van der Waals surface area contributed by atoms with E-state index < -0.39 is 15.1 Å². The molecule has 1 aromatic rings. The predicted octanol–water partition coefficient (Wildman–Crippen LogP) is 1.57. The van der Waals surface area contributed by atoms with Crippen LogP contribution in [0.2, 0.25) is 0 Å². The Kier molecular flexibility index (Phi) is 3.69. The molecule has 0 aliphatic rings. The molecule has 2 N–H and O–H groups in total. The molecule has 3 nitrogen and oxygen atoms in total. The van der Waals surface area contributed by atoms with Gasteiger partial charge in [-0.25, -0.2) is 8.42 Å². The third kappa shape index (κ3) is 2.34. The van der Waals surface area contributed by atoms with Gasteiger partial charge >= 0.3 is 0 Å². The van der Waals surface area contributed by atoms with E-state index in [2.05, 4.69) is 15.9 Å². The smallest absolute Gasteiger partial charge is 0.182 e. The zero-order valence-electron chi connectivity index (χ0n) is 7.77. The summed E-state index contributed by atoms with van der Waals surface area (Å²) in [6.07, 6.45) is 0. The summed E-state index contributed by atoms with van der Waals surface area (Å²) < 4.78 is 24.4. The molecule has 0 aromatic heterocycles. The first-order chi connectivity index (χ1) is 6.48. The van der Waals surface area contributed by atoms with Crippen molar-refractivity contribution in [2.24, 2.45) is 5.73 Å². The summed E-state index contributed by atoms with van der Waals surface area (Å²) in [7, 11) is -3.27. The van der Waals surface area contributed by atoms with E-state index in [1.807, 2.05) is 0 Å². The number of rotatable bonds is 3. The highest BCUT2D eigenvalue weighted by molar-refractivity contribution is 9.10. The van der Waals surface area contributed by atoms with Gasteiger partial charge in [0.1, 0.15) is 0 Å². The van der Waals surface area contributed by atoms with Crippen LogP contribution in [-0.2, 0) is 9.84 Å². The van der Waals surface area contributed by atoms with Crippen molar-refractivity contribution >= 4 is 25.8 Å². The van der Waals surface area contributed by atoms with Crippen molar-refractivity contribution in [3.63, 3.8) is 0 Å². The van der Waals surface area contributed by atoms with Crippen molar-refractivity contribution in [2.75, 3.05) is 6.54 Å². The van der Waals surface area contributed by atoms with E-state index in [4.69, 9.17) is 5.73 Å². The number of hydrogen-bond acceptors (Lipinski definition) is 3. The van der Waals surface area contributed by atoms with E-state index in [9.17, 15) is 8.42 Å². The molecular weight excluding hydrogens is 266 g/mol. The summed E-state index contributed by atoms with van der Waals surface area (Å²) in [4.78, 5) is 0.310. The summed E-state index contributed by atoms with van der Waals surface area (Å²) in [5.74, 6) is 0. The van der Waals surface area contributed by atoms with Gasteiger partial charge in [0.05, 0.1) is 10.1 Å². The molecule has 1 atom stereocenters. The van der Waals surface area contributed by atoms with Gasteiger partial charge in [-0.1, -0.05) is 22.0 Å². The minimum atomic E-state index is -3.27. The lowest BCUT2D eigenvalue weighted by molar-refractivity contribution is 0.584. The maximum absolute atomic E-state index is 11.8. The van der Waals surface area contributed by atoms with Crippen molar-refractivity contribution in [1.82, 2.24) is 0 Å². The SMILES string of the molecule is CC(CN)S(=O)(=O)c1cccc(Br)c1. The minimum absolute atomic E-state index is 0.134. The average Bonchev–Trinajstić information content (AvgIpc) is 2.16. The van der Waals surface area contributed by atoms with E-state index >= 15 is 0 Å². The Morgan fingerprint density at radius 2 is 2.14 bits per heavy atom. The van der Waals surface area contributed by atoms with E-state index in [-0.39, 0.29) is 6.54 Å². The Balaban J connectivity index is 3.17. The lowest BCUT2D eigenvalue weighted by atomic mass is 10.4. The molecule has 0 bridgehead atoms. The Morgan fingerprint density at radius 1 is 1.50 bits per heavy atom. The van der Waals surface area contributed by atoms with Crippen molar-refractivity contribution in [3.8, 4) is 0 Å². The van der Waals surface area contributed by atoms with Gasteiger partial charge in [-0.2, -0.15) is 0 Å². The van der Waals surface area contributed by atoms with Gasteiger partial charge in [0, 0.05) is 11.0 Å². The van der Waals surface area contributed by atoms with Crippen LogP contribution >= 0.6 is 15.9 Å². The number of hydrogen-bond donors (Lipinski definition) is 1. The Labute approximate surface area is 92.4 Å². The fourth-order valence-electron chi connectivity index (χ4n) is 1.00. The molecular formula is C9H12BrNO2S. The second-order valence-corrected chi connectivity index (χ2v) is 6.33. The Hall–Kier alpha value is -0.390. The summed E-state index contributed by atoms with van der Waals surface area (Å²) in [5, 5.41) is -0.545. The highest BCUT2D eigenvalue weighted by atomic mass is 79.9. The zero-order chi connectivity index (χ0) is 10.8. The van der Waals surface area contributed by atoms with Gasteiger partial charge in [-0.15, -0.1) is 0 Å². The molecule has 0 saturated carbocycles. The van der Waals surface area contributed by atoms with Gasteiger partial charge < -0.3 is 5.73 Å². The Bertz CT molecular complexity index is 417. The molecule has 5 heteroatoms. The van der Waals surface area contributed by atoms with Gasteiger partial charge in [-0.3, -0.25) is 0 Å². The van der Waals surface area contributed by atoms with E-state index in [0.717, 1.165) is 4.47 Å². The van der Waals surface area contributed by atoms with Crippen LogP contribution < -0.4 is 5.73 Å². The van der Waals surface area contributed by atoms with Crippen LogP contribution in [-0.4, -0.2) is 20.2 Å². The molecule has 0 radical (unpaired) electrons. The third-order valence-corrected chi connectivity index (χ3v) is 4.64. The number of sulfone groups is 1. The van der Waals surface area contributed by atoms with Crippen molar-refractivity contribution in [3.05, 3.63) is 28.7 Å². The minimum Gasteiger partial charge on any atom is -0.329 e. The molecule has 1 aromatic carbocycles. The second kappa shape index (κ2) is 4.42. The van der Waals surface area contributed by atoms with Crippen LogP contribution in [0.25, 0.3) is 0 Å². The molecule has 0 saturated heterocycles. The first-order valence-electron chi connectivity index (χ1n) is 4.18. The molecule has 1 unspecified atom stereocenters. The third-order valence-electron chi connectivity index (χ3n) is 1.99. The van der Waals surface area contributed by atoms with Crippen LogP contribution in [0.5, 0.6) is 0 Å². The molecule has 0 amide bonds. The number of benzene rings is 1. The van der Waals surface area contributed by atoms with Gasteiger partial charge in [-0.05, 0) is 25.1 Å². The second-order valence-electron chi connectivity index (χ2n) is 3.05. The van der Waals surface area contributed by atoms with E-state index in [0.29, 0.717) is 4.90 Å². The van der Waals surface area contributed by atoms with Gasteiger partial charge in [0.25, 0.3) is 0 Å². The Morgan fingerprint density at radius 3 is 2.64 bits per heavy atom. The van der Waals surface area contributed by atoms with Crippen LogP contribution in [0.3, 0.4) is 0 Å². The number of nitrogens with two attached hydrogens (primary N) is 1. The zero-order valence-corrected chi connectivity index (χ0v) is 10.2. The molecule has 0 spiro atoms. The highest BCUT2D eigenvalue weighted by Gasteiger charge is 2.21. The van der Waals surface area contributed by atoms with Crippen LogP contribution in [0.4, 0.5) is 0 Å². The van der Waals surface area contributed by atoms with Gasteiger partial charge in [0.15, 0.2) is 9.84 Å². The van der Waals surface area contributed by atoms with Gasteiger partial charge in [0.2, 0.25) is 0 Å². The molecule has 1 rings (SSSR count). The van der Waals surface area contributed by atoms with Crippen LogP contribution in [0.15, 0.2) is 33.6 Å². The first-order valence-corrected chi connectivity index (χ1v) is 6.52. The predicted molar refractivity (Wildman–Crippen MR) is 59.8 cm³/mol. The normalized spacial score (nSPS) is 13.9. The lowest BCUT2D eigenvalue weighted by Crippen LogP contribution is -2.26. The maximum atomic E-state index is 11.8. The lowest BCUT2D eigenvalue weighted by Gasteiger charge is -2.10. The fourth-order valence-corrected chi connectivity index (χ4v) is 2.83. The standard InChI is InChI=1S/C9H12BrNO2S/c1-7(6-11)14(12,13)9-4-2-3-8(10)5-9/h2-5,7H,6,11H2,1H3. The maximum Gasteiger partial charge on any atom is 0.182 e. The highest BCUT2D eigenvalue weighted by Crippen LogP contribution is 2.19. The molecule has 14 heavy (non-hydrogen) atoms. The summed E-state index contributed by atoms with van der Waals surface area (Å²) in [6, 6.07) is 6.64.